The molecule has 7 nitrogen and oxygen atoms in total. The molecule has 0 amide bonds. The van der Waals surface area contributed by atoms with Gasteiger partial charge in [0.05, 0.1) is 6.26 Å². The summed E-state index contributed by atoms with van der Waals surface area (Å²) in [6, 6.07) is 24.3. The van der Waals surface area contributed by atoms with Crippen LogP contribution in [0.25, 0.3) is 11.1 Å². The van der Waals surface area contributed by atoms with Crippen molar-refractivity contribution in [3.63, 3.8) is 0 Å². The smallest absolute Gasteiger partial charge is 0.261 e. The van der Waals surface area contributed by atoms with E-state index in [2.05, 4.69) is 53.4 Å². The number of nitrogens with zero attached hydrogens (tertiary/aromatic N) is 1. The molecular formula is C30H35NO6S. The quantitative estimate of drug-likeness (QED) is 0.395. The highest BCUT2D eigenvalue weighted by Gasteiger charge is 2.22. The number of phenolic OH excluding ortho intramolecular Hbond substituents is 1. The van der Waals surface area contributed by atoms with Crippen molar-refractivity contribution in [1.29, 1.82) is 0 Å². The van der Waals surface area contributed by atoms with Gasteiger partial charge in [0.25, 0.3) is 10.1 Å². The van der Waals surface area contributed by atoms with Crippen molar-refractivity contribution in [3.05, 3.63) is 89.5 Å². The molecule has 0 saturated carbocycles. The van der Waals surface area contributed by atoms with Crippen LogP contribution in [0.5, 0.6) is 17.2 Å². The summed E-state index contributed by atoms with van der Waals surface area (Å²) in [5, 5.41) is 9.92. The van der Waals surface area contributed by atoms with Crippen LogP contribution in [0.4, 0.5) is 0 Å². The number of aromatic hydroxyl groups is 1. The van der Waals surface area contributed by atoms with Crippen LogP contribution in [-0.4, -0.2) is 62.1 Å². The molecular weight excluding hydrogens is 502 g/mol. The summed E-state index contributed by atoms with van der Waals surface area (Å²) >= 11 is 0. The molecule has 0 spiro atoms. The van der Waals surface area contributed by atoms with Crippen molar-refractivity contribution in [3.8, 4) is 17.2 Å². The third-order valence-electron chi connectivity index (χ3n) is 6.58. The Bertz CT molecular complexity index is 1320. The largest absolute Gasteiger partial charge is 0.508 e. The molecule has 0 radical (unpaired) electrons. The van der Waals surface area contributed by atoms with Crippen LogP contribution in [0.2, 0.25) is 0 Å². The lowest BCUT2D eigenvalue weighted by atomic mass is 9.88. The molecule has 1 saturated heterocycles. The molecule has 3 aromatic carbocycles. The Hall–Kier alpha value is -3.33. The highest BCUT2D eigenvalue weighted by atomic mass is 32.2. The molecule has 0 aliphatic carbocycles. The van der Waals surface area contributed by atoms with E-state index >= 15 is 0 Å². The average Bonchev–Trinajstić information content (AvgIpc) is 2.90. The van der Waals surface area contributed by atoms with Gasteiger partial charge in [-0.05, 0) is 73.3 Å². The van der Waals surface area contributed by atoms with Crippen molar-refractivity contribution in [2.45, 2.75) is 25.7 Å². The Morgan fingerprint density at radius 2 is 1.63 bits per heavy atom. The Labute approximate surface area is 225 Å². The number of likely N-dealkylation sites (tertiary alicyclic amines) is 1. The number of phenols is 1. The number of hydrogen-bond acceptors (Lipinski definition) is 6. The van der Waals surface area contributed by atoms with Crippen LogP contribution < -0.4 is 9.47 Å². The van der Waals surface area contributed by atoms with Crippen molar-refractivity contribution in [1.82, 2.24) is 4.90 Å². The fraction of sp³-hybridized carbons (Fsp3) is 0.333. The maximum Gasteiger partial charge on any atom is 0.261 e. The fourth-order valence-electron chi connectivity index (χ4n) is 4.76. The van der Waals surface area contributed by atoms with E-state index in [9.17, 15) is 13.5 Å². The molecule has 3 aromatic rings. The number of benzene rings is 3. The maximum absolute atomic E-state index is 9.92. The first-order valence-corrected chi connectivity index (χ1v) is 14.7. The third-order valence-corrected chi connectivity index (χ3v) is 6.58. The summed E-state index contributed by atoms with van der Waals surface area (Å²) in [7, 11) is -3.67. The number of fused-ring (bicyclic) bond motifs is 1. The van der Waals surface area contributed by atoms with Gasteiger partial charge in [-0.15, -0.1) is 0 Å². The summed E-state index contributed by atoms with van der Waals surface area (Å²) in [5.41, 5.74) is 5.86. The maximum atomic E-state index is 9.92. The Morgan fingerprint density at radius 1 is 0.947 bits per heavy atom. The molecule has 2 aliphatic heterocycles. The Morgan fingerprint density at radius 3 is 2.32 bits per heavy atom. The topological polar surface area (TPSA) is 96.3 Å². The van der Waals surface area contributed by atoms with E-state index in [1.807, 2.05) is 12.1 Å². The number of ether oxygens (including phenoxy) is 2. The van der Waals surface area contributed by atoms with Crippen LogP contribution >= 0.6 is 0 Å². The second-order valence-electron chi connectivity index (χ2n) is 9.60. The van der Waals surface area contributed by atoms with Crippen molar-refractivity contribution in [2.75, 3.05) is 39.1 Å². The van der Waals surface area contributed by atoms with E-state index in [0.717, 1.165) is 36.6 Å². The van der Waals surface area contributed by atoms with Gasteiger partial charge in [0, 0.05) is 23.7 Å². The first-order valence-electron chi connectivity index (χ1n) is 12.9. The molecule has 5 rings (SSSR count). The van der Waals surface area contributed by atoms with Crippen LogP contribution in [0.1, 0.15) is 36.0 Å². The molecule has 2 N–H and O–H groups in total. The van der Waals surface area contributed by atoms with Gasteiger partial charge < -0.3 is 14.6 Å². The first-order chi connectivity index (χ1) is 18.3. The lowest BCUT2D eigenvalue weighted by molar-refractivity contribution is 0.183. The molecule has 38 heavy (non-hydrogen) atoms. The molecule has 0 unspecified atom stereocenters. The van der Waals surface area contributed by atoms with Crippen molar-refractivity contribution < 1.29 is 27.6 Å². The van der Waals surface area contributed by atoms with Gasteiger partial charge in [-0.3, -0.25) is 9.45 Å². The van der Waals surface area contributed by atoms with E-state index in [-0.39, 0.29) is 5.75 Å². The lowest BCUT2D eigenvalue weighted by Gasteiger charge is -2.26. The van der Waals surface area contributed by atoms with Gasteiger partial charge >= 0.3 is 0 Å². The van der Waals surface area contributed by atoms with E-state index in [0.29, 0.717) is 12.9 Å². The molecule has 8 heteroatoms. The van der Waals surface area contributed by atoms with Crippen LogP contribution in [0, 0.1) is 0 Å². The van der Waals surface area contributed by atoms with Crippen LogP contribution in [-0.2, 0) is 16.5 Å². The van der Waals surface area contributed by atoms with Crippen LogP contribution in [0.15, 0.2) is 72.8 Å². The molecule has 2 aliphatic rings. The van der Waals surface area contributed by atoms with Gasteiger partial charge in [0.2, 0.25) is 0 Å². The minimum absolute atomic E-state index is 0.224. The first kappa shape index (κ1) is 27.7. The zero-order chi connectivity index (χ0) is 27.0. The number of allylic oxidation sites excluding steroid dienone is 1. The van der Waals surface area contributed by atoms with E-state index in [1.54, 1.807) is 12.1 Å². The monoisotopic (exact) mass is 537 g/mol. The van der Waals surface area contributed by atoms with Gasteiger partial charge in [-0.1, -0.05) is 48.9 Å². The zero-order valence-corrected chi connectivity index (χ0v) is 22.5. The van der Waals surface area contributed by atoms with Crippen molar-refractivity contribution >= 4 is 21.3 Å². The SMILES string of the molecule is CS(=O)(=O)O.Oc1ccc2c(c1)OCC(c1ccccc1)=C2Cc1ccc(OCCN2CCCCC2)cc1. The third kappa shape index (κ3) is 8.34. The number of piperidine rings is 1. The standard InChI is InChI=1S/C29H31NO3.CH4O3S/c31-24-11-14-26-27(28(21-33-29(26)20-24)23-7-3-1-4-8-23)19-22-9-12-25(13-10-22)32-18-17-30-15-5-2-6-16-30;1-5(2,3)4/h1,3-4,7-14,20,31H,2,5-6,15-19,21H2;1H3,(H,2,3,4). The minimum Gasteiger partial charge on any atom is -0.508 e. The van der Waals surface area contributed by atoms with Gasteiger partial charge in [-0.2, -0.15) is 8.42 Å². The van der Waals surface area contributed by atoms with E-state index < -0.39 is 10.1 Å². The summed E-state index contributed by atoms with van der Waals surface area (Å²) in [4.78, 5) is 2.50. The van der Waals surface area contributed by atoms with Gasteiger partial charge in [-0.25, -0.2) is 0 Å². The summed E-state index contributed by atoms with van der Waals surface area (Å²) in [6.45, 7) is 4.62. The Kier molecular flexibility index (Phi) is 9.44. The summed E-state index contributed by atoms with van der Waals surface area (Å²) in [6.07, 6.45) is 5.48. The van der Waals surface area contributed by atoms with Gasteiger partial charge in [0.1, 0.15) is 30.5 Å². The number of rotatable bonds is 7. The normalized spacial score (nSPS) is 15.6. The molecule has 0 atom stereocenters. The highest BCUT2D eigenvalue weighted by Crippen LogP contribution is 2.40. The second kappa shape index (κ2) is 13.0. The van der Waals surface area contributed by atoms with Gasteiger partial charge in [0.15, 0.2) is 0 Å². The Balaban J connectivity index is 0.000000617. The predicted octanol–water partition coefficient (Wildman–Crippen LogP) is 5.31. The molecule has 0 aromatic heterocycles. The lowest BCUT2D eigenvalue weighted by Crippen LogP contribution is -2.33. The van der Waals surface area contributed by atoms with E-state index in [1.165, 1.54) is 54.6 Å². The highest BCUT2D eigenvalue weighted by molar-refractivity contribution is 7.85. The number of hydrogen-bond donors (Lipinski definition) is 2. The predicted molar refractivity (Wildman–Crippen MR) is 150 cm³/mol. The molecule has 2 heterocycles. The second-order valence-corrected chi connectivity index (χ2v) is 11.1. The van der Waals surface area contributed by atoms with Crippen molar-refractivity contribution in [2.24, 2.45) is 0 Å². The molecule has 1 fully saturated rings. The van der Waals surface area contributed by atoms with Crippen LogP contribution in [0.3, 0.4) is 0 Å². The minimum atomic E-state index is -3.67. The molecule has 202 valence electrons. The summed E-state index contributed by atoms with van der Waals surface area (Å²) in [5.74, 6) is 1.88. The summed E-state index contributed by atoms with van der Waals surface area (Å²) < 4.78 is 37.9. The average molecular weight is 538 g/mol. The molecule has 0 bridgehead atoms. The zero-order valence-electron chi connectivity index (χ0n) is 21.7. The fourth-order valence-corrected chi connectivity index (χ4v) is 4.76. The van der Waals surface area contributed by atoms with E-state index in [4.69, 9.17) is 14.0 Å².